The molecule has 0 spiro atoms. The Morgan fingerprint density at radius 2 is 1.32 bits per heavy atom. The van der Waals surface area contributed by atoms with Gasteiger partial charge in [0, 0.05) is 13.1 Å². The molecule has 96 valence electrons. The van der Waals surface area contributed by atoms with E-state index in [-0.39, 0.29) is 0 Å². The third kappa shape index (κ3) is 2.47. The first kappa shape index (κ1) is 12.2. The monoisotopic (exact) mass is 249 g/mol. The molecule has 1 fully saturated rings. The SMILES string of the molecule is CC=C1CN(C(c2ccccc2)c2ccccc2)C1. The summed E-state index contributed by atoms with van der Waals surface area (Å²) in [5, 5.41) is 0. The molecular formula is C18H19N. The van der Waals surface area contributed by atoms with Gasteiger partial charge in [-0.2, -0.15) is 0 Å². The van der Waals surface area contributed by atoms with Crippen LogP contribution < -0.4 is 0 Å². The van der Waals surface area contributed by atoms with Crippen molar-refractivity contribution >= 4 is 0 Å². The minimum absolute atomic E-state index is 0.381. The molecule has 0 radical (unpaired) electrons. The minimum atomic E-state index is 0.381. The summed E-state index contributed by atoms with van der Waals surface area (Å²) >= 11 is 0. The Morgan fingerprint density at radius 1 is 0.842 bits per heavy atom. The molecule has 0 atom stereocenters. The zero-order chi connectivity index (χ0) is 13.1. The van der Waals surface area contributed by atoms with Crippen LogP contribution in [0.15, 0.2) is 72.3 Å². The Hall–Kier alpha value is -1.86. The number of benzene rings is 2. The minimum Gasteiger partial charge on any atom is -0.284 e. The molecule has 2 aromatic rings. The zero-order valence-electron chi connectivity index (χ0n) is 11.3. The highest BCUT2D eigenvalue weighted by Crippen LogP contribution is 2.33. The summed E-state index contributed by atoms with van der Waals surface area (Å²) in [5.74, 6) is 0. The molecule has 3 rings (SSSR count). The van der Waals surface area contributed by atoms with Gasteiger partial charge >= 0.3 is 0 Å². The molecule has 1 nitrogen and oxygen atoms in total. The third-order valence-electron chi connectivity index (χ3n) is 3.82. The van der Waals surface area contributed by atoms with Crippen LogP contribution in [0.4, 0.5) is 0 Å². The lowest BCUT2D eigenvalue weighted by atomic mass is 9.93. The summed E-state index contributed by atoms with van der Waals surface area (Å²) in [6.45, 7) is 4.31. The fourth-order valence-electron chi connectivity index (χ4n) is 2.73. The molecular weight excluding hydrogens is 230 g/mol. The molecule has 19 heavy (non-hydrogen) atoms. The maximum atomic E-state index is 2.53. The van der Waals surface area contributed by atoms with Crippen molar-refractivity contribution < 1.29 is 0 Å². The van der Waals surface area contributed by atoms with Crippen LogP contribution in [0.1, 0.15) is 24.1 Å². The highest BCUT2D eigenvalue weighted by atomic mass is 15.2. The van der Waals surface area contributed by atoms with E-state index in [4.69, 9.17) is 0 Å². The second kappa shape index (κ2) is 5.41. The number of hydrogen-bond acceptors (Lipinski definition) is 1. The van der Waals surface area contributed by atoms with E-state index in [0.717, 1.165) is 13.1 Å². The lowest BCUT2D eigenvalue weighted by molar-refractivity contribution is 0.201. The van der Waals surface area contributed by atoms with Gasteiger partial charge in [-0.25, -0.2) is 0 Å². The number of allylic oxidation sites excluding steroid dienone is 1. The summed E-state index contributed by atoms with van der Waals surface area (Å²) < 4.78 is 0. The first-order chi connectivity index (χ1) is 9.38. The number of nitrogens with zero attached hydrogens (tertiary/aromatic N) is 1. The van der Waals surface area contributed by atoms with Gasteiger partial charge in [0.15, 0.2) is 0 Å². The van der Waals surface area contributed by atoms with Crippen LogP contribution in [-0.2, 0) is 0 Å². The highest BCUT2D eigenvalue weighted by molar-refractivity contribution is 5.34. The van der Waals surface area contributed by atoms with Gasteiger partial charge < -0.3 is 0 Å². The molecule has 0 amide bonds. The predicted octanol–water partition coefficient (Wildman–Crippen LogP) is 4.04. The summed E-state index contributed by atoms with van der Waals surface area (Å²) in [5.41, 5.74) is 4.30. The molecule has 1 heteroatoms. The van der Waals surface area contributed by atoms with E-state index in [2.05, 4.69) is 78.6 Å². The summed E-state index contributed by atoms with van der Waals surface area (Å²) in [4.78, 5) is 2.53. The number of rotatable bonds is 3. The molecule has 1 aliphatic heterocycles. The van der Waals surface area contributed by atoms with E-state index in [1.807, 2.05) is 0 Å². The molecule has 2 aromatic carbocycles. The van der Waals surface area contributed by atoms with Gasteiger partial charge in [-0.05, 0) is 23.6 Å². The highest BCUT2D eigenvalue weighted by Gasteiger charge is 2.29. The first-order valence-electron chi connectivity index (χ1n) is 6.86. The van der Waals surface area contributed by atoms with E-state index >= 15 is 0 Å². The van der Waals surface area contributed by atoms with Crippen LogP contribution in [0.2, 0.25) is 0 Å². The first-order valence-corrected chi connectivity index (χ1v) is 6.86. The zero-order valence-corrected chi connectivity index (χ0v) is 11.3. The van der Waals surface area contributed by atoms with Crippen LogP contribution in [0.25, 0.3) is 0 Å². The average molecular weight is 249 g/mol. The maximum absolute atomic E-state index is 2.53. The van der Waals surface area contributed by atoms with E-state index in [1.54, 1.807) is 0 Å². The van der Waals surface area contributed by atoms with Gasteiger partial charge in [0.25, 0.3) is 0 Å². The topological polar surface area (TPSA) is 3.24 Å². The second-order valence-electron chi connectivity index (χ2n) is 5.08. The van der Waals surface area contributed by atoms with Crippen molar-refractivity contribution in [2.45, 2.75) is 13.0 Å². The molecule has 0 saturated carbocycles. The van der Waals surface area contributed by atoms with Gasteiger partial charge in [0.2, 0.25) is 0 Å². The molecule has 0 aliphatic carbocycles. The van der Waals surface area contributed by atoms with Gasteiger partial charge in [0.05, 0.1) is 6.04 Å². The van der Waals surface area contributed by atoms with E-state index < -0.39 is 0 Å². The number of hydrogen-bond donors (Lipinski definition) is 0. The largest absolute Gasteiger partial charge is 0.284 e. The van der Waals surface area contributed by atoms with Crippen molar-refractivity contribution in [2.24, 2.45) is 0 Å². The predicted molar refractivity (Wildman–Crippen MR) is 80.1 cm³/mol. The lowest BCUT2D eigenvalue weighted by Gasteiger charge is -2.41. The Kier molecular flexibility index (Phi) is 3.47. The van der Waals surface area contributed by atoms with Crippen LogP contribution in [0.3, 0.4) is 0 Å². The van der Waals surface area contributed by atoms with Crippen LogP contribution in [0.5, 0.6) is 0 Å². The second-order valence-corrected chi connectivity index (χ2v) is 5.08. The Morgan fingerprint density at radius 3 is 1.74 bits per heavy atom. The van der Waals surface area contributed by atoms with Crippen molar-refractivity contribution in [3.63, 3.8) is 0 Å². The summed E-state index contributed by atoms with van der Waals surface area (Å²) in [6, 6.07) is 22.0. The Balaban J connectivity index is 1.93. The van der Waals surface area contributed by atoms with E-state index in [9.17, 15) is 0 Å². The third-order valence-corrected chi connectivity index (χ3v) is 3.82. The van der Waals surface area contributed by atoms with Crippen molar-refractivity contribution in [3.05, 3.63) is 83.4 Å². The summed E-state index contributed by atoms with van der Waals surface area (Å²) in [6.07, 6.45) is 2.24. The molecule has 0 N–H and O–H groups in total. The molecule has 0 unspecified atom stereocenters. The van der Waals surface area contributed by atoms with Crippen molar-refractivity contribution in [1.82, 2.24) is 4.90 Å². The molecule has 0 aromatic heterocycles. The van der Waals surface area contributed by atoms with E-state index in [1.165, 1.54) is 16.7 Å². The maximum Gasteiger partial charge on any atom is 0.0607 e. The Labute approximate surface area is 115 Å². The van der Waals surface area contributed by atoms with Crippen molar-refractivity contribution in [1.29, 1.82) is 0 Å². The van der Waals surface area contributed by atoms with Crippen molar-refractivity contribution in [2.75, 3.05) is 13.1 Å². The van der Waals surface area contributed by atoms with Gasteiger partial charge in [-0.15, -0.1) is 0 Å². The summed E-state index contributed by atoms with van der Waals surface area (Å²) in [7, 11) is 0. The van der Waals surface area contributed by atoms with E-state index in [0.29, 0.717) is 6.04 Å². The molecule has 1 saturated heterocycles. The molecule has 1 aliphatic rings. The Bertz CT molecular complexity index is 509. The fraction of sp³-hybridized carbons (Fsp3) is 0.222. The average Bonchev–Trinajstić information content (AvgIpc) is 2.44. The van der Waals surface area contributed by atoms with Gasteiger partial charge in [-0.1, -0.05) is 66.7 Å². The quantitative estimate of drug-likeness (QED) is 0.742. The van der Waals surface area contributed by atoms with Crippen LogP contribution in [-0.4, -0.2) is 18.0 Å². The number of likely N-dealkylation sites (tertiary alicyclic amines) is 1. The fourth-order valence-corrected chi connectivity index (χ4v) is 2.73. The van der Waals surface area contributed by atoms with Crippen molar-refractivity contribution in [3.8, 4) is 0 Å². The van der Waals surface area contributed by atoms with Gasteiger partial charge in [-0.3, -0.25) is 4.90 Å². The molecule has 1 heterocycles. The molecule has 0 bridgehead atoms. The standard InChI is InChI=1S/C18H19N/c1-2-15-13-19(14-15)18(16-9-5-3-6-10-16)17-11-7-4-8-12-17/h2-12,18H,13-14H2,1H3. The smallest absolute Gasteiger partial charge is 0.0607 e. The van der Waals surface area contributed by atoms with Crippen LogP contribution >= 0.6 is 0 Å². The van der Waals surface area contributed by atoms with Gasteiger partial charge in [0.1, 0.15) is 0 Å². The lowest BCUT2D eigenvalue weighted by Crippen LogP contribution is -2.43. The van der Waals surface area contributed by atoms with Crippen LogP contribution in [0, 0.1) is 0 Å². The normalized spacial score (nSPS) is 15.4.